The molecule has 0 bridgehead atoms. The van der Waals surface area contributed by atoms with Crippen molar-refractivity contribution in [2.45, 2.75) is 45.6 Å². The maximum absolute atomic E-state index is 12.7. The van der Waals surface area contributed by atoms with Gasteiger partial charge in [-0.15, -0.1) is 11.3 Å². The molecule has 0 saturated carbocycles. The predicted octanol–water partition coefficient (Wildman–Crippen LogP) is 4.35. The first kappa shape index (κ1) is 19.4. The van der Waals surface area contributed by atoms with Gasteiger partial charge < -0.3 is 15.5 Å². The van der Waals surface area contributed by atoms with Crippen LogP contribution in [0, 0.1) is 6.92 Å². The minimum absolute atomic E-state index is 0.0348. The molecule has 3 rings (SSSR count). The third kappa shape index (κ3) is 5.29. The van der Waals surface area contributed by atoms with E-state index in [0.29, 0.717) is 11.3 Å². The lowest BCUT2D eigenvalue weighted by Gasteiger charge is -2.20. The molecule has 1 aliphatic rings. The zero-order valence-electron chi connectivity index (χ0n) is 15.8. The van der Waals surface area contributed by atoms with Crippen molar-refractivity contribution in [3.05, 3.63) is 45.9 Å². The number of urea groups is 1. The van der Waals surface area contributed by atoms with Gasteiger partial charge in [0.1, 0.15) is 5.01 Å². The molecule has 0 spiro atoms. The highest BCUT2D eigenvalue weighted by Gasteiger charge is 2.18. The lowest BCUT2D eigenvalue weighted by molar-refractivity contribution is 0.0761. The van der Waals surface area contributed by atoms with Crippen LogP contribution in [0.25, 0.3) is 0 Å². The van der Waals surface area contributed by atoms with Gasteiger partial charge in [0.05, 0.1) is 6.04 Å². The van der Waals surface area contributed by atoms with Crippen LogP contribution in [-0.4, -0.2) is 34.9 Å². The van der Waals surface area contributed by atoms with Crippen molar-refractivity contribution in [2.24, 2.45) is 0 Å². The summed E-state index contributed by atoms with van der Waals surface area (Å²) in [5, 5.41) is 8.53. The minimum atomic E-state index is -0.310. The molecule has 1 aromatic heterocycles. The highest BCUT2D eigenvalue weighted by atomic mass is 32.1. The van der Waals surface area contributed by atoms with Crippen molar-refractivity contribution in [1.82, 2.24) is 15.2 Å². The summed E-state index contributed by atoms with van der Waals surface area (Å²) < 4.78 is 0. The minimum Gasteiger partial charge on any atom is -0.339 e. The first-order valence-electron chi connectivity index (χ1n) is 9.42. The van der Waals surface area contributed by atoms with Crippen LogP contribution in [-0.2, 0) is 0 Å². The average Bonchev–Trinajstić information content (AvgIpc) is 2.91. The fourth-order valence-electron chi connectivity index (χ4n) is 3.18. The highest BCUT2D eigenvalue weighted by molar-refractivity contribution is 7.09. The molecule has 144 valence electrons. The highest BCUT2D eigenvalue weighted by Crippen LogP contribution is 2.19. The van der Waals surface area contributed by atoms with E-state index in [1.165, 1.54) is 24.2 Å². The SMILES string of the molecule is Cc1csc([C@H](C)NC(=O)Nc2cccc(C(=O)N3CCCCCC3)c2)n1. The topological polar surface area (TPSA) is 74.3 Å². The Morgan fingerprint density at radius 3 is 2.59 bits per heavy atom. The number of benzene rings is 1. The lowest BCUT2D eigenvalue weighted by Crippen LogP contribution is -2.32. The molecule has 0 unspecified atom stereocenters. The Kier molecular flexibility index (Phi) is 6.45. The van der Waals surface area contributed by atoms with Crippen molar-refractivity contribution in [3.63, 3.8) is 0 Å². The number of likely N-dealkylation sites (tertiary alicyclic amines) is 1. The van der Waals surface area contributed by atoms with Gasteiger partial charge in [-0.2, -0.15) is 0 Å². The molecular formula is C20H26N4O2S. The van der Waals surface area contributed by atoms with Crippen LogP contribution >= 0.6 is 11.3 Å². The van der Waals surface area contributed by atoms with Gasteiger partial charge in [0.2, 0.25) is 0 Å². The summed E-state index contributed by atoms with van der Waals surface area (Å²) in [5.74, 6) is 0.0348. The van der Waals surface area contributed by atoms with Crippen LogP contribution in [0.1, 0.15) is 59.7 Å². The maximum atomic E-state index is 12.7. The van der Waals surface area contributed by atoms with Crippen LogP contribution in [0.2, 0.25) is 0 Å². The Hall–Kier alpha value is -2.41. The Morgan fingerprint density at radius 2 is 1.93 bits per heavy atom. The molecule has 27 heavy (non-hydrogen) atoms. The van der Waals surface area contributed by atoms with Crippen LogP contribution in [0.4, 0.5) is 10.5 Å². The van der Waals surface area contributed by atoms with Gasteiger partial charge in [0, 0.05) is 35.4 Å². The molecule has 2 heterocycles. The first-order valence-corrected chi connectivity index (χ1v) is 10.3. The summed E-state index contributed by atoms with van der Waals surface area (Å²) in [6, 6.07) is 6.65. The quantitative estimate of drug-likeness (QED) is 0.820. The molecular weight excluding hydrogens is 360 g/mol. The van der Waals surface area contributed by atoms with Gasteiger partial charge in [-0.3, -0.25) is 4.79 Å². The number of thiazole rings is 1. The number of rotatable bonds is 4. The summed E-state index contributed by atoms with van der Waals surface area (Å²) in [6.45, 7) is 5.44. The molecule has 1 saturated heterocycles. The third-order valence-corrected chi connectivity index (χ3v) is 5.76. The summed E-state index contributed by atoms with van der Waals surface area (Å²) in [5.41, 5.74) is 2.16. The Morgan fingerprint density at radius 1 is 1.19 bits per heavy atom. The number of amides is 3. The first-order chi connectivity index (χ1) is 13.0. The number of aromatic nitrogens is 1. The second-order valence-electron chi connectivity index (χ2n) is 6.93. The summed E-state index contributed by atoms with van der Waals surface area (Å²) in [4.78, 5) is 31.3. The molecule has 1 aromatic carbocycles. The molecule has 2 N–H and O–H groups in total. The van der Waals surface area contributed by atoms with Crippen molar-refractivity contribution in [3.8, 4) is 0 Å². The molecule has 1 fully saturated rings. The predicted molar refractivity (Wildman–Crippen MR) is 108 cm³/mol. The number of nitrogens with zero attached hydrogens (tertiary/aromatic N) is 2. The van der Waals surface area contributed by atoms with Gasteiger partial charge in [-0.05, 0) is 44.9 Å². The summed E-state index contributed by atoms with van der Waals surface area (Å²) in [7, 11) is 0. The van der Waals surface area contributed by atoms with E-state index < -0.39 is 0 Å². The fourth-order valence-corrected chi connectivity index (χ4v) is 3.99. The van der Waals surface area contributed by atoms with Crippen LogP contribution in [0.15, 0.2) is 29.6 Å². The van der Waals surface area contributed by atoms with Crippen molar-refractivity contribution >= 4 is 29.0 Å². The van der Waals surface area contributed by atoms with Crippen molar-refractivity contribution < 1.29 is 9.59 Å². The van der Waals surface area contributed by atoms with Gasteiger partial charge in [0.15, 0.2) is 0 Å². The number of nitrogens with one attached hydrogen (secondary N) is 2. The second-order valence-corrected chi connectivity index (χ2v) is 7.82. The van der Waals surface area contributed by atoms with Crippen molar-refractivity contribution in [2.75, 3.05) is 18.4 Å². The van der Waals surface area contributed by atoms with Crippen LogP contribution < -0.4 is 10.6 Å². The van der Waals surface area contributed by atoms with E-state index >= 15 is 0 Å². The van der Waals surface area contributed by atoms with E-state index in [4.69, 9.17) is 0 Å². The molecule has 2 aromatic rings. The van der Waals surface area contributed by atoms with E-state index in [2.05, 4.69) is 15.6 Å². The lowest BCUT2D eigenvalue weighted by atomic mass is 10.1. The monoisotopic (exact) mass is 386 g/mol. The summed E-state index contributed by atoms with van der Waals surface area (Å²) >= 11 is 1.53. The van der Waals surface area contributed by atoms with E-state index in [9.17, 15) is 9.59 Å². The molecule has 0 aliphatic carbocycles. The number of carbonyl (C=O) groups is 2. The van der Waals surface area contributed by atoms with Crippen molar-refractivity contribution in [1.29, 1.82) is 0 Å². The average molecular weight is 387 g/mol. The standard InChI is InChI=1S/C20H26N4O2S/c1-14-13-27-18(21-14)15(2)22-20(26)23-17-9-7-8-16(12-17)19(25)24-10-5-3-4-6-11-24/h7-9,12-13,15H,3-6,10-11H2,1-2H3,(H2,22,23,26)/t15-/m0/s1. The number of hydrogen-bond acceptors (Lipinski definition) is 4. The number of anilines is 1. The number of hydrogen-bond donors (Lipinski definition) is 2. The molecule has 1 aliphatic heterocycles. The molecule has 0 radical (unpaired) electrons. The van der Waals surface area contributed by atoms with Crippen LogP contribution in [0.3, 0.4) is 0 Å². The smallest absolute Gasteiger partial charge is 0.319 e. The van der Waals surface area contributed by atoms with Crippen LogP contribution in [0.5, 0.6) is 0 Å². The van der Waals surface area contributed by atoms with E-state index in [1.54, 1.807) is 24.3 Å². The zero-order chi connectivity index (χ0) is 19.2. The zero-order valence-corrected chi connectivity index (χ0v) is 16.6. The molecule has 7 heteroatoms. The Labute approximate surface area is 164 Å². The molecule has 6 nitrogen and oxygen atoms in total. The van der Waals surface area contributed by atoms with E-state index in [1.807, 2.05) is 24.1 Å². The number of carbonyl (C=O) groups excluding carboxylic acids is 2. The maximum Gasteiger partial charge on any atom is 0.319 e. The fraction of sp³-hybridized carbons (Fsp3) is 0.450. The molecule has 3 amide bonds. The number of aryl methyl sites for hydroxylation is 1. The molecule has 1 atom stereocenters. The van der Waals surface area contributed by atoms with E-state index in [0.717, 1.165) is 36.6 Å². The third-order valence-electron chi connectivity index (χ3n) is 4.62. The van der Waals surface area contributed by atoms with Gasteiger partial charge >= 0.3 is 6.03 Å². The normalized spacial score (nSPS) is 15.7. The Balaban J connectivity index is 1.61. The van der Waals surface area contributed by atoms with Gasteiger partial charge in [-0.1, -0.05) is 18.9 Å². The Bertz CT molecular complexity index is 797. The largest absolute Gasteiger partial charge is 0.339 e. The van der Waals surface area contributed by atoms with Gasteiger partial charge in [0.25, 0.3) is 5.91 Å². The summed E-state index contributed by atoms with van der Waals surface area (Å²) in [6.07, 6.45) is 4.48. The van der Waals surface area contributed by atoms with E-state index in [-0.39, 0.29) is 18.0 Å². The second kappa shape index (κ2) is 8.99. The van der Waals surface area contributed by atoms with Gasteiger partial charge in [-0.25, -0.2) is 9.78 Å².